The zero-order valence-electron chi connectivity index (χ0n) is 6.98. The lowest BCUT2D eigenvalue weighted by Gasteiger charge is -2.25. The molecule has 1 nitrogen and oxygen atoms in total. The summed E-state index contributed by atoms with van der Waals surface area (Å²) in [5, 5.41) is 0. The van der Waals surface area contributed by atoms with Gasteiger partial charge in [0.25, 0.3) is 0 Å². The van der Waals surface area contributed by atoms with E-state index in [1.165, 1.54) is 25.7 Å². The Morgan fingerprint density at radius 2 is 1.30 bits per heavy atom. The molecule has 0 saturated heterocycles. The summed E-state index contributed by atoms with van der Waals surface area (Å²) in [7, 11) is 0. The summed E-state index contributed by atoms with van der Waals surface area (Å²) in [6, 6.07) is 0.486. The van der Waals surface area contributed by atoms with Gasteiger partial charge in [0.1, 0.15) is 0 Å². The quantitative estimate of drug-likeness (QED) is 0.545. The van der Waals surface area contributed by atoms with Crippen LogP contribution < -0.4 is 5.73 Å². The van der Waals surface area contributed by atoms with Crippen molar-refractivity contribution in [2.45, 2.75) is 45.6 Å². The van der Waals surface area contributed by atoms with Crippen molar-refractivity contribution in [3.63, 3.8) is 0 Å². The first-order valence-corrected chi connectivity index (χ1v) is 4.32. The van der Waals surface area contributed by atoms with Gasteiger partial charge in [0, 0.05) is 6.04 Å². The second kappa shape index (κ2) is 1.58. The van der Waals surface area contributed by atoms with Crippen LogP contribution in [0.25, 0.3) is 0 Å². The van der Waals surface area contributed by atoms with E-state index in [9.17, 15) is 0 Å². The van der Waals surface area contributed by atoms with Crippen LogP contribution in [0.15, 0.2) is 0 Å². The van der Waals surface area contributed by atoms with E-state index in [1.807, 2.05) is 0 Å². The Labute approximate surface area is 63.0 Å². The SMILES string of the molecule is CC12CCC(C)(CC1)C2N. The van der Waals surface area contributed by atoms with E-state index in [-0.39, 0.29) is 0 Å². The molecule has 10 heavy (non-hydrogen) atoms. The summed E-state index contributed by atoms with van der Waals surface area (Å²) in [5.74, 6) is 0. The first-order valence-electron chi connectivity index (χ1n) is 4.32. The van der Waals surface area contributed by atoms with E-state index in [1.54, 1.807) is 0 Å². The van der Waals surface area contributed by atoms with Gasteiger partial charge in [-0.15, -0.1) is 0 Å². The van der Waals surface area contributed by atoms with E-state index in [0.29, 0.717) is 16.9 Å². The highest BCUT2D eigenvalue weighted by molar-refractivity contribution is 5.09. The molecule has 0 aromatic heterocycles. The normalized spacial score (nSPS) is 59.7. The van der Waals surface area contributed by atoms with Gasteiger partial charge in [-0.05, 0) is 36.5 Å². The summed E-state index contributed by atoms with van der Waals surface area (Å²) in [6.07, 6.45) is 5.46. The molecule has 2 rings (SSSR count). The Hall–Kier alpha value is -0.0400. The van der Waals surface area contributed by atoms with Gasteiger partial charge in [-0.3, -0.25) is 0 Å². The molecule has 0 aromatic rings. The first-order chi connectivity index (χ1) is 4.57. The predicted octanol–water partition coefficient (Wildman–Crippen LogP) is 1.91. The minimum atomic E-state index is 0.486. The summed E-state index contributed by atoms with van der Waals surface area (Å²) in [5.41, 5.74) is 7.17. The van der Waals surface area contributed by atoms with Gasteiger partial charge in [-0.1, -0.05) is 13.8 Å². The molecule has 2 fully saturated rings. The van der Waals surface area contributed by atoms with Gasteiger partial charge in [-0.2, -0.15) is 0 Å². The molecule has 2 saturated carbocycles. The third-order valence-corrected chi connectivity index (χ3v) is 4.04. The Balaban J connectivity index is 2.34. The first kappa shape index (κ1) is 6.66. The fraction of sp³-hybridized carbons (Fsp3) is 1.00. The zero-order chi connectivity index (χ0) is 7.41. The molecule has 1 heteroatoms. The average Bonchev–Trinajstić information content (AvgIpc) is 2.24. The van der Waals surface area contributed by atoms with Crippen molar-refractivity contribution in [2.75, 3.05) is 0 Å². The predicted molar refractivity (Wildman–Crippen MR) is 42.7 cm³/mol. The lowest BCUT2D eigenvalue weighted by molar-refractivity contribution is 0.308. The van der Waals surface area contributed by atoms with E-state index in [0.717, 1.165) is 0 Å². The molecule has 0 radical (unpaired) electrons. The minimum Gasteiger partial charge on any atom is -0.327 e. The Morgan fingerprint density at radius 3 is 1.40 bits per heavy atom. The van der Waals surface area contributed by atoms with Crippen LogP contribution in [0, 0.1) is 10.8 Å². The fourth-order valence-corrected chi connectivity index (χ4v) is 2.86. The molecule has 58 valence electrons. The van der Waals surface area contributed by atoms with Crippen molar-refractivity contribution >= 4 is 0 Å². The molecular weight excluding hydrogens is 122 g/mol. The lowest BCUT2D eigenvalue weighted by atomic mass is 9.84. The maximum absolute atomic E-state index is 6.15. The Morgan fingerprint density at radius 1 is 1.00 bits per heavy atom. The van der Waals surface area contributed by atoms with Crippen LogP contribution in [0.4, 0.5) is 0 Å². The molecule has 2 aliphatic carbocycles. The molecule has 0 unspecified atom stereocenters. The molecular formula is C9H17N. The monoisotopic (exact) mass is 139 g/mol. The van der Waals surface area contributed by atoms with Gasteiger partial charge in [0.15, 0.2) is 0 Å². The number of fused-ring (bicyclic) bond motifs is 2. The van der Waals surface area contributed by atoms with Crippen molar-refractivity contribution in [3.8, 4) is 0 Å². The third-order valence-electron chi connectivity index (χ3n) is 4.04. The van der Waals surface area contributed by atoms with Crippen molar-refractivity contribution in [1.29, 1.82) is 0 Å². The Bertz CT molecular complexity index is 136. The van der Waals surface area contributed by atoms with Crippen LogP contribution in [0.5, 0.6) is 0 Å². The van der Waals surface area contributed by atoms with Gasteiger partial charge in [0.05, 0.1) is 0 Å². The van der Waals surface area contributed by atoms with Crippen LogP contribution in [0.2, 0.25) is 0 Å². The molecule has 0 heterocycles. The molecule has 2 aliphatic rings. The zero-order valence-corrected chi connectivity index (χ0v) is 6.98. The molecule has 0 aliphatic heterocycles. The van der Waals surface area contributed by atoms with E-state index in [2.05, 4.69) is 13.8 Å². The fourth-order valence-electron chi connectivity index (χ4n) is 2.86. The van der Waals surface area contributed by atoms with Gasteiger partial charge >= 0.3 is 0 Å². The molecule has 0 amide bonds. The van der Waals surface area contributed by atoms with Crippen molar-refractivity contribution in [2.24, 2.45) is 16.6 Å². The summed E-state index contributed by atoms with van der Waals surface area (Å²) in [4.78, 5) is 0. The number of rotatable bonds is 0. The minimum absolute atomic E-state index is 0.486. The highest BCUT2D eigenvalue weighted by Gasteiger charge is 2.55. The van der Waals surface area contributed by atoms with Gasteiger partial charge in [0.2, 0.25) is 0 Å². The summed E-state index contributed by atoms with van der Waals surface area (Å²) in [6.45, 7) is 4.71. The highest BCUT2D eigenvalue weighted by atomic mass is 14.8. The van der Waals surface area contributed by atoms with Crippen LogP contribution in [0.3, 0.4) is 0 Å². The van der Waals surface area contributed by atoms with Gasteiger partial charge < -0.3 is 5.73 Å². The topological polar surface area (TPSA) is 26.0 Å². The maximum atomic E-state index is 6.15. The van der Waals surface area contributed by atoms with Crippen molar-refractivity contribution in [1.82, 2.24) is 0 Å². The second-order valence-corrected chi connectivity index (χ2v) is 4.79. The van der Waals surface area contributed by atoms with Crippen LogP contribution >= 0.6 is 0 Å². The molecule has 2 N–H and O–H groups in total. The van der Waals surface area contributed by atoms with Gasteiger partial charge in [-0.25, -0.2) is 0 Å². The third kappa shape index (κ3) is 0.572. The average molecular weight is 139 g/mol. The molecule has 0 spiro atoms. The molecule has 0 atom stereocenters. The second-order valence-electron chi connectivity index (χ2n) is 4.79. The van der Waals surface area contributed by atoms with Crippen LogP contribution in [0.1, 0.15) is 39.5 Å². The van der Waals surface area contributed by atoms with E-state index >= 15 is 0 Å². The summed E-state index contributed by atoms with van der Waals surface area (Å²) >= 11 is 0. The number of nitrogens with two attached hydrogens (primary N) is 1. The van der Waals surface area contributed by atoms with Crippen LogP contribution in [-0.4, -0.2) is 6.04 Å². The standard InChI is InChI=1S/C9H17N/c1-8-3-5-9(2,6-4-8)7(8)10/h7H,3-6,10H2,1-2H3. The van der Waals surface area contributed by atoms with Crippen molar-refractivity contribution in [3.05, 3.63) is 0 Å². The van der Waals surface area contributed by atoms with E-state index in [4.69, 9.17) is 5.73 Å². The largest absolute Gasteiger partial charge is 0.327 e. The smallest absolute Gasteiger partial charge is 0.0147 e. The molecule has 0 aromatic carbocycles. The maximum Gasteiger partial charge on any atom is 0.0147 e. The molecule has 2 bridgehead atoms. The number of hydrogen-bond acceptors (Lipinski definition) is 1. The number of hydrogen-bond donors (Lipinski definition) is 1. The van der Waals surface area contributed by atoms with Crippen molar-refractivity contribution < 1.29 is 0 Å². The van der Waals surface area contributed by atoms with Crippen LogP contribution in [-0.2, 0) is 0 Å². The Kier molecular flexibility index (Phi) is 1.05. The highest BCUT2D eigenvalue weighted by Crippen LogP contribution is 2.59. The lowest BCUT2D eigenvalue weighted by Crippen LogP contribution is -2.37. The van der Waals surface area contributed by atoms with E-state index < -0.39 is 0 Å². The summed E-state index contributed by atoms with van der Waals surface area (Å²) < 4.78 is 0.